The molecule has 0 aromatic rings. The molecule has 12 N–H and O–H groups in total. The van der Waals surface area contributed by atoms with Crippen molar-refractivity contribution in [1.29, 1.82) is 0 Å². The van der Waals surface area contributed by atoms with E-state index >= 15 is 0 Å². The van der Waals surface area contributed by atoms with Gasteiger partial charge in [-0.2, -0.15) is 0 Å². The molecule has 7 nitrogen and oxygen atoms in total. The van der Waals surface area contributed by atoms with Crippen LogP contribution in [0.2, 0.25) is 0 Å². The number of quaternary nitrogens is 3. The van der Waals surface area contributed by atoms with Gasteiger partial charge >= 0.3 is 30.5 Å². The number of hydrogen-bond acceptors (Lipinski definition) is 4. The SMILES string of the molecule is O=[As]([O-])([O-])[O-].[NH4+].[NH4+].[NH4+]. The Balaban J connectivity index is -0.0000000267. The van der Waals surface area contributed by atoms with Crippen molar-refractivity contribution in [3.63, 3.8) is 0 Å². The molecule has 0 bridgehead atoms. The van der Waals surface area contributed by atoms with E-state index in [0.717, 1.165) is 0 Å². The maximum atomic E-state index is 8.61. The summed E-state index contributed by atoms with van der Waals surface area (Å²) in [7, 11) is 0. The number of rotatable bonds is 0. The molecule has 0 aliphatic heterocycles. The first-order chi connectivity index (χ1) is 2.00. The van der Waals surface area contributed by atoms with Crippen molar-refractivity contribution < 1.29 is 16.0 Å². The Hall–Kier alpha value is 0.118. The summed E-state index contributed by atoms with van der Waals surface area (Å²) in [6, 6.07) is 0. The predicted octanol–water partition coefficient (Wildman–Crippen LogP) is -2.94. The third-order valence-corrected chi connectivity index (χ3v) is 0. The Morgan fingerprint density at radius 2 is 0.875 bits per heavy atom. The average Bonchev–Trinajstić information content (AvgIpc) is 0.722. The van der Waals surface area contributed by atoms with Crippen molar-refractivity contribution in [3.05, 3.63) is 0 Å². The standard InChI is InChI=1S/AsH3O4.3H3N/c2-1(3,4)5;;;/h(H3,2,3,4,5);3*1H3. The normalized spacial score (nSPS) is 7.38. The second-order valence-corrected chi connectivity index (χ2v) is 2.32. The van der Waals surface area contributed by atoms with Crippen LogP contribution >= 0.6 is 0 Å². The van der Waals surface area contributed by atoms with Gasteiger partial charge in [0.25, 0.3) is 0 Å². The zero-order valence-electron chi connectivity index (χ0n) is 5.08. The molecule has 8 heteroatoms. The fraction of sp³-hybridized carbons (Fsp3) is 0. The summed E-state index contributed by atoms with van der Waals surface area (Å²) in [5.41, 5.74) is 0. The van der Waals surface area contributed by atoms with Gasteiger partial charge in [0.15, 0.2) is 0 Å². The maximum absolute atomic E-state index is 8.61. The van der Waals surface area contributed by atoms with Crippen molar-refractivity contribution in [1.82, 2.24) is 18.5 Å². The first-order valence-electron chi connectivity index (χ1n) is 0.730. The summed E-state index contributed by atoms with van der Waals surface area (Å²) >= 11 is -5.88. The zero-order valence-corrected chi connectivity index (χ0v) is 6.96. The second-order valence-electron chi connectivity index (χ2n) is 0.447. The van der Waals surface area contributed by atoms with E-state index in [9.17, 15) is 0 Å². The smallest absolute Gasteiger partial charge is 0.369 e. The molecular formula is H12AsN3O4. The zero-order chi connectivity index (χ0) is 4.50. The van der Waals surface area contributed by atoms with E-state index in [2.05, 4.69) is 0 Å². The van der Waals surface area contributed by atoms with Gasteiger partial charge in [0, 0.05) is 0 Å². The summed E-state index contributed by atoms with van der Waals surface area (Å²) in [5, 5.41) is 0. The van der Waals surface area contributed by atoms with E-state index in [-0.39, 0.29) is 18.5 Å². The van der Waals surface area contributed by atoms with Crippen LogP contribution in [0, 0.1) is 0 Å². The van der Waals surface area contributed by atoms with Gasteiger partial charge in [-0.3, -0.25) is 0 Å². The van der Waals surface area contributed by atoms with Gasteiger partial charge in [0.05, 0.1) is 0 Å². The van der Waals surface area contributed by atoms with Gasteiger partial charge in [-0.25, -0.2) is 0 Å². The van der Waals surface area contributed by atoms with Gasteiger partial charge in [0.2, 0.25) is 0 Å². The molecule has 56 valence electrons. The molecule has 8 heavy (non-hydrogen) atoms. The Bertz CT molecular complexity index is 57.4. The van der Waals surface area contributed by atoms with E-state index in [0.29, 0.717) is 0 Å². The molecule has 0 amide bonds. The summed E-state index contributed by atoms with van der Waals surface area (Å²) < 4.78 is 34.4. The molecule has 0 aliphatic carbocycles. The fourth-order valence-corrected chi connectivity index (χ4v) is 0. The minimum absolute atomic E-state index is 0. The molecule has 0 spiro atoms. The summed E-state index contributed by atoms with van der Waals surface area (Å²) in [6.07, 6.45) is 0. The van der Waals surface area contributed by atoms with Crippen molar-refractivity contribution in [2.24, 2.45) is 0 Å². The second kappa shape index (κ2) is 7.12. The van der Waals surface area contributed by atoms with Crippen LogP contribution in [0.5, 0.6) is 0 Å². The summed E-state index contributed by atoms with van der Waals surface area (Å²) in [4.78, 5) is 0. The first-order valence-corrected chi connectivity index (χ1v) is 3.79. The summed E-state index contributed by atoms with van der Waals surface area (Å²) in [6.45, 7) is 0. The molecule has 0 unspecified atom stereocenters. The van der Waals surface area contributed by atoms with Crippen molar-refractivity contribution >= 4 is 14.5 Å². The molecule has 0 fully saturated rings. The Labute approximate surface area is 49.8 Å². The fourth-order valence-electron chi connectivity index (χ4n) is 0. The van der Waals surface area contributed by atoms with Crippen molar-refractivity contribution in [2.45, 2.75) is 0 Å². The molecular weight excluding hydrogens is 181 g/mol. The van der Waals surface area contributed by atoms with Crippen LogP contribution in [0.15, 0.2) is 0 Å². The topological polar surface area (TPSA) is 196 Å². The minimum Gasteiger partial charge on any atom is -0.369 e. The average molecular weight is 193 g/mol. The molecule has 0 saturated carbocycles. The van der Waals surface area contributed by atoms with Crippen LogP contribution in [0.3, 0.4) is 0 Å². The van der Waals surface area contributed by atoms with Gasteiger partial charge < -0.3 is 18.5 Å². The monoisotopic (exact) mass is 193 g/mol. The molecule has 0 aliphatic rings. The third kappa shape index (κ3) is 11400. The Kier molecular flexibility index (Phi) is 21.6. The van der Waals surface area contributed by atoms with Crippen molar-refractivity contribution in [3.8, 4) is 0 Å². The van der Waals surface area contributed by atoms with E-state index < -0.39 is 14.5 Å². The molecule has 0 heterocycles. The molecule has 0 aromatic carbocycles. The van der Waals surface area contributed by atoms with Crippen LogP contribution in [0.4, 0.5) is 0 Å². The van der Waals surface area contributed by atoms with E-state index in [1.54, 1.807) is 0 Å². The van der Waals surface area contributed by atoms with Gasteiger partial charge in [-0.05, 0) is 0 Å². The van der Waals surface area contributed by atoms with Crippen molar-refractivity contribution in [2.75, 3.05) is 0 Å². The van der Waals surface area contributed by atoms with E-state index in [1.165, 1.54) is 0 Å². The van der Waals surface area contributed by atoms with Crippen LogP contribution in [-0.2, 0) is 3.74 Å². The van der Waals surface area contributed by atoms with E-state index in [1.807, 2.05) is 0 Å². The first kappa shape index (κ1) is 24.3. The summed E-state index contributed by atoms with van der Waals surface area (Å²) in [5.74, 6) is 0. The third-order valence-electron chi connectivity index (χ3n) is 0. The molecule has 0 radical (unpaired) electrons. The van der Waals surface area contributed by atoms with Gasteiger partial charge in [-0.1, -0.05) is 0 Å². The Morgan fingerprint density at radius 1 is 0.875 bits per heavy atom. The molecule has 0 aromatic heterocycles. The Morgan fingerprint density at radius 3 is 0.875 bits per heavy atom. The van der Waals surface area contributed by atoms with Crippen LogP contribution in [0.25, 0.3) is 0 Å². The maximum Gasteiger partial charge on any atom is -0.369 e. The van der Waals surface area contributed by atoms with Gasteiger partial charge in [-0.15, -0.1) is 0 Å². The van der Waals surface area contributed by atoms with E-state index in [4.69, 9.17) is 16.0 Å². The predicted molar refractivity (Wildman–Crippen MR) is 24.4 cm³/mol. The molecule has 0 saturated heterocycles. The molecule has 0 rings (SSSR count). The van der Waals surface area contributed by atoms with Crippen LogP contribution in [-0.4, -0.2) is 14.5 Å². The number of hydrogen-bond donors (Lipinski definition) is 3. The minimum atomic E-state index is -5.88. The largest absolute Gasteiger partial charge is 0.369 e. The quantitative estimate of drug-likeness (QED) is 0.346. The van der Waals surface area contributed by atoms with Crippen LogP contribution < -0.4 is 30.7 Å². The molecule has 0 atom stereocenters. The van der Waals surface area contributed by atoms with Gasteiger partial charge in [0.1, 0.15) is 0 Å². The van der Waals surface area contributed by atoms with Crippen LogP contribution in [0.1, 0.15) is 0 Å².